The van der Waals surface area contributed by atoms with Crippen LogP contribution in [0.3, 0.4) is 0 Å². The Morgan fingerprint density at radius 3 is 2.57 bits per heavy atom. The molecule has 0 amide bonds. The second-order valence-electron chi connectivity index (χ2n) is 10.7. The Balaban J connectivity index is 1.38. The number of rotatable bonds is 9. The predicted molar refractivity (Wildman–Crippen MR) is 147 cm³/mol. The summed E-state index contributed by atoms with van der Waals surface area (Å²) in [6.45, 7) is -2.56. The SMILES string of the molecule is COc1cc(C=NCC(c2cc(C3(C#N)CC3)c(F)c(-c3cc(Cl)c(F)cc3F)n2)C2CC2)cc2cn(C(F)F)nc12. The van der Waals surface area contributed by atoms with E-state index in [9.17, 15) is 22.8 Å². The number of aromatic nitrogens is 3. The van der Waals surface area contributed by atoms with Gasteiger partial charge in [0.1, 0.15) is 28.6 Å². The van der Waals surface area contributed by atoms with Crippen molar-refractivity contribution in [3.05, 3.63) is 75.8 Å². The lowest BCUT2D eigenvalue weighted by Crippen LogP contribution is -2.15. The lowest BCUT2D eigenvalue weighted by Gasteiger charge is -2.19. The highest BCUT2D eigenvalue weighted by Crippen LogP contribution is 2.51. The maximum absolute atomic E-state index is 15.9. The van der Waals surface area contributed by atoms with Crippen LogP contribution in [0.2, 0.25) is 5.02 Å². The number of nitriles is 1. The van der Waals surface area contributed by atoms with Crippen molar-refractivity contribution in [1.29, 1.82) is 5.26 Å². The average molecular weight is 600 g/mol. The van der Waals surface area contributed by atoms with Crippen LogP contribution in [0.4, 0.5) is 22.0 Å². The summed E-state index contributed by atoms with van der Waals surface area (Å²) >= 11 is 5.91. The van der Waals surface area contributed by atoms with E-state index in [1.54, 1.807) is 24.4 Å². The van der Waals surface area contributed by atoms with Crippen molar-refractivity contribution in [3.63, 3.8) is 0 Å². The summed E-state index contributed by atoms with van der Waals surface area (Å²) in [5.74, 6) is -2.61. The summed E-state index contributed by atoms with van der Waals surface area (Å²) < 4.78 is 76.9. The first-order chi connectivity index (χ1) is 20.1. The first kappa shape index (κ1) is 28.1. The van der Waals surface area contributed by atoms with Gasteiger partial charge in [0.25, 0.3) is 0 Å². The van der Waals surface area contributed by atoms with Crippen LogP contribution in [0.5, 0.6) is 5.75 Å². The third-order valence-corrected chi connectivity index (χ3v) is 8.16. The van der Waals surface area contributed by atoms with E-state index in [0.29, 0.717) is 51.5 Å². The third kappa shape index (κ3) is 5.09. The Labute approximate surface area is 242 Å². The van der Waals surface area contributed by atoms with E-state index in [1.807, 2.05) is 0 Å². The number of hydrogen-bond donors (Lipinski definition) is 0. The molecule has 2 aromatic carbocycles. The molecule has 4 aromatic rings. The van der Waals surface area contributed by atoms with E-state index < -0.39 is 29.4 Å². The van der Waals surface area contributed by atoms with Gasteiger partial charge in [0.05, 0.1) is 23.6 Å². The molecule has 0 spiro atoms. The number of nitrogens with zero attached hydrogens (tertiary/aromatic N) is 5. The van der Waals surface area contributed by atoms with Gasteiger partial charge in [-0.15, -0.1) is 0 Å². The highest BCUT2D eigenvalue weighted by Gasteiger charge is 2.48. The molecule has 0 saturated heterocycles. The molecular weight excluding hydrogens is 577 g/mol. The van der Waals surface area contributed by atoms with E-state index >= 15 is 4.39 Å². The number of pyridine rings is 1. The van der Waals surface area contributed by atoms with Gasteiger partial charge in [0.2, 0.25) is 0 Å². The molecule has 42 heavy (non-hydrogen) atoms. The fraction of sp³-hybridized carbons (Fsp3) is 0.333. The number of fused-ring (bicyclic) bond motifs is 1. The first-order valence-corrected chi connectivity index (χ1v) is 13.6. The van der Waals surface area contributed by atoms with Crippen LogP contribution in [0.15, 0.2) is 41.5 Å². The van der Waals surface area contributed by atoms with E-state index in [0.717, 1.165) is 18.9 Å². The molecular formula is C30H23ClF5N5O. The highest BCUT2D eigenvalue weighted by atomic mass is 35.5. The van der Waals surface area contributed by atoms with Crippen LogP contribution in [0.1, 0.15) is 55.0 Å². The van der Waals surface area contributed by atoms with Gasteiger partial charge in [0, 0.05) is 53.1 Å². The lowest BCUT2D eigenvalue weighted by molar-refractivity contribution is 0.0573. The molecule has 1 atom stereocenters. The smallest absolute Gasteiger partial charge is 0.333 e. The molecule has 0 N–H and O–H groups in total. The Morgan fingerprint density at radius 1 is 1.17 bits per heavy atom. The van der Waals surface area contributed by atoms with Crippen molar-refractivity contribution >= 4 is 28.7 Å². The van der Waals surface area contributed by atoms with E-state index in [4.69, 9.17) is 16.3 Å². The lowest BCUT2D eigenvalue weighted by atomic mass is 9.90. The van der Waals surface area contributed by atoms with Crippen molar-refractivity contribution in [3.8, 4) is 23.1 Å². The third-order valence-electron chi connectivity index (χ3n) is 7.87. The average Bonchev–Trinajstić information content (AvgIpc) is 3.90. The minimum Gasteiger partial charge on any atom is -0.494 e. The number of halogens is 6. The molecule has 216 valence electrons. The Morgan fingerprint density at radius 2 is 1.93 bits per heavy atom. The second-order valence-corrected chi connectivity index (χ2v) is 11.1. The topological polar surface area (TPSA) is 76.1 Å². The van der Waals surface area contributed by atoms with Crippen LogP contribution in [0.25, 0.3) is 22.2 Å². The van der Waals surface area contributed by atoms with E-state index in [2.05, 4.69) is 21.1 Å². The van der Waals surface area contributed by atoms with Gasteiger partial charge in [0.15, 0.2) is 5.82 Å². The van der Waals surface area contributed by atoms with Crippen LogP contribution >= 0.6 is 11.6 Å². The van der Waals surface area contributed by atoms with Crippen LogP contribution in [0, 0.1) is 34.7 Å². The van der Waals surface area contributed by atoms with Crippen molar-refractivity contribution in [2.24, 2.45) is 10.9 Å². The second kappa shape index (κ2) is 10.7. The van der Waals surface area contributed by atoms with Crippen LogP contribution in [-0.4, -0.2) is 34.6 Å². The summed E-state index contributed by atoms with van der Waals surface area (Å²) in [6, 6.07) is 8.65. The molecule has 0 bridgehead atoms. The monoisotopic (exact) mass is 599 g/mol. The number of ether oxygens (including phenoxy) is 1. The number of hydrogen-bond acceptors (Lipinski definition) is 5. The zero-order valence-electron chi connectivity index (χ0n) is 22.2. The summed E-state index contributed by atoms with van der Waals surface area (Å²) in [4.78, 5) is 9.10. The zero-order valence-corrected chi connectivity index (χ0v) is 23.0. The summed E-state index contributed by atoms with van der Waals surface area (Å²) in [5.41, 5.74) is -0.188. The van der Waals surface area contributed by atoms with Crippen molar-refractivity contribution in [2.45, 2.75) is 43.6 Å². The molecule has 0 radical (unpaired) electrons. The normalized spacial score (nSPS) is 16.7. The predicted octanol–water partition coefficient (Wildman–Crippen LogP) is 7.74. The molecule has 1 unspecified atom stereocenters. The van der Waals surface area contributed by atoms with Gasteiger partial charge >= 0.3 is 6.55 Å². The fourth-order valence-electron chi connectivity index (χ4n) is 5.26. The quantitative estimate of drug-likeness (QED) is 0.112. The van der Waals surface area contributed by atoms with E-state index in [-0.39, 0.29) is 40.2 Å². The molecule has 6 rings (SSSR count). The fourth-order valence-corrected chi connectivity index (χ4v) is 5.43. The van der Waals surface area contributed by atoms with Crippen molar-refractivity contribution in [2.75, 3.05) is 13.7 Å². The standard InChI is InChI=1S/C30H23ClF5N5O/c1-42-25-7-15(6-17-13-41(29(35)36)40-27(17)25)11-38-12-19(16-2-3-16)24-9-20(30(14-37)4-5-30)26(34)28(39-24)18-8-21(31)23(33)10-22(18)32/h6-11,13,16,19,29H,2-5,12H2,1H3. The molecule has 2 heterocycles. The summed E-state index contributed by atoms with van der Waals surface area (Å²) in [7, 11) is 1.42. The maximum Gasteiger partial charge on any atom is 0.333 e. The van der Waals surface area contributed by atoms with Crippen LogP contribution < -0.4 is 4.74 Å². The first-order valence-electron chi connectivity index (χ1n) is 13.3. The van der Waals surface area contributed by atoms with Crippen LogP contribution in [-0.2, 0) is 5.41 Å². The summed E-state index contributed by atoms with van der Waals surface area (Å²) in [6.07, 6.45) is 5.48. The molecule has 2 saturated carbocycles. The minimum atomic E-state index is -2.80. The van der Waals surface area contributed by atoms with Gasteiger partial charge in [-0.2, -0.15) is 19.1 Å². The number of methoxy groups -OCH3 is 1. The molecule has 12 heteroatoms. The van der Waals surface area contributed by atoms with Gasteiger partial charge < -0.3 is 4.74 Å². The van der Waals surface area contributed by atoms with Gasteiger partial charge in [-0.1, -0.05) is 11.6 Å². The number of aliphatic imine (C=N–C) groups is 1. The Hall–Kier alpha value is -4.04. The van der Waals surface area contributed by atoms with Gasteiger partial charge in [-0.25, -0.2) is 22.8 Å². The molecule has 0 aliphatic heterocycles. The molecule has 6 nitrogen and oxygen atoms in total. The highest BCUT2D eigenvalue weighted by molar-refractivity contribution is 6.31. The van der Waals surface area contributed by atoms with Crippen molar-refractivity contribution in [1.82, 2.24) is 14.8 Å². The maximum atomic E-state index is 15.9. The van der Waals surface area contributed by atoms with Crippen molar-refractivity contribution < 1.29 is 26.7 Å². The molecule has 2 aromatic heterocycles. The molecule has 2 aliphatic carbocycles. The summed E-state index contributed by atoms with van der Waals surface area (Å²) in [5, 5.41) is 13.8. The van der Waals surface area contributed by atoms with Gasteiger partial charge in [-0.05, 0) is 61.4 Å². The molecule has 2 fully saturated rings. The Bertz CT molecular complexity index is 1770. The largest absolute Gasteiger partial charge is 0.494 e. The Kier molecular flexibility index (Phi) is 7.13. The minimum absolute atomic E-state index is 0.130. The number of benzene rings is 2. The zero-order chi connectivity index (χ0) is 29.8. The molecule has 2 aliphatic rings. The number of alkyl halides is 2. The van der Waals surface area contributed by atoms with E-state index in [1.165, 1.54) is 13.3 Å². The van der Waals surface area contributed by atoms with Gasteiger partial charge in [-0.3, -0.25) is 4.99 Å².